The molecule has 0 aliphatic heterocycles. The van der Waals surface area contributed by atoms with Gasteiger partial charge < -0.3 is 9.47 Å². The minimum Gasteiger partial charge on any atom is -0.496 e. The maximum absolute atomic E-state index is 12.0. The van der Waals surface area contributed by atoms with Crippen molar-refractivity contribution in [3.63, 3.8) is 0 Å². The molecule has 1 aliphatic carbocycles. The highest BCUT2D eigenvalue weighted by Gasteiger charge is 2.22. The normalized spacial score (nSPS) is 15.2. The topological polar surface area (TPSA) is 35.5 Å². The number of rotatable bonds is 2. The van der Waals surface area contributed by atoms with Crippen LogP contribution in [0.1, 0.15) is 35.2 Å². The van der Waals surface area contributed by atoms with Gasteiger partial charge in [-0.3, -0.25) is 4.79 Å². The standard InChI is InChI=1S/C13H16O3/c1-15-11-7-8-12(16-2)13-9(11)5-3-4-6-10(13)14/h7-8H,3-6H2,1-2H3. The number of carbonyl (C=O) groups excluding carboxylic acids is 1. The van der Waals surface area contributed by atoms with Crippen LogP contribution < -0.4 is 9.47 Å². The summed E-state index contributed by atoms with van der Waals surface area (Å²) in [4.78, 5) is 12.0. The van der Waals surface area contributed by atoms with Gasteiger partial charge in [0.2, 0.25) is 0 Å². The zero-order valence-electron chi connectivity index (χ0n) is 9.71. The van der Waals surface area contributed by atoms with Crippen molar-refractivity contribution in [1.29, 1.82) is 0 Å². The molecule has 0 radical (unpaired) electrons. The van der Waals surface area contributed by atoms with E-state index in [2.05, 4.69) is 0 Å². The molecule has 0 fully saturated rings. The molecule has 0 bridgehead atoms. The minimum atomic E-state index is 0.170. The van der Waals surface area contributed by atoms with E-state index in [-0.39, 0.29) is 5.78 Å². The molecule has 0 unspecified atom stereocenters. The first-order valence-electron chi connectivity index (χ1n) is 5.55. The Kier molecular flexibility index (Phi) is 3.13. The van der Waals surface area contributed by atoms with Gasteiger partial charge in [0.15, 0.2) is 5.78 Å². The number of methoxy groups -OCH3 is 2. The smallest absolute Gasteiger partial charge is 0.167 e. The molecule has 3 heteroatoms. The first-order valence-corrected chi connectivity index (χ1v) is 5.55. The monoisotopic (exact) mass is 220 g/mol. The second-order valence-corrected chi connectivity index (χ2v) is 3.95. The van der Waals surface area contributed by atoms with Gasteiger partial charge in [-0.15, -0.1) is 0 Å². The Balaban J connectivity index is 2.61. The van der Waals surface area contributed by atoms with Crippen molar-refractivity contribution in [3.8, 4) is 11.5 Å². The Morgan fingerprint density at radius 1 is 1.00 bits per heavy atom. The number of hydrogen-bond acceptors (Lipinski definition) is 3. The van der Waals surface area contributed by atoms with Crippen molar-refractivity contribution in [2.45, 2.75) is 25.7 Å². The lowest BCUT2D eigenvalue weighted by Gasteiger charge is -2.14. The molecular weight excluding hydrogens is 204 g/mol. The largest absolute Gasteiger partial charge is 0.496 e. The number of ether oxygens (including phenoxy) is 2. The van der Waals surface area contributed by atoms with Gasteiger partial charge in [-0.25, -0.2) is 0 Å². The lowest BCUT2D eigenvalue weighted by Crippen LogP contribution is -2.05. The first kappa shape index (κ1) is 11.0. The summed E-state index contributed by atoms with van der Waals surface area (Å²) >= 11 is 0. The van der Waals surface area contributed by atoms with Crippen LogP contribution in [-0.2, 0) is 6.42 Å². The quantitative estimate of drug-likeness (QED) is 0.719. The van der Waals surface area contributed by atoms with Crippen LogP contribution in [0.4, 0.5) is 0 Å². The predicted molar refractivity (Wildman–Crippen MR) is 61.4 cm³/mol. The average molecular weight is 220 g/mol. The van der Waals surface area contributed by atoms with E-state index in [9.17, 15) is 4.79 Å². The second-order valence-electron chi connectivity index (χ2n) is 3.95. The lowest BCUT2D eigenvalue weighted by atomic mass is 10.00. The SMILES string of the molecule is COc1ccc(OC)c2c1CCCCC2=O. The van der Waals surface area contributed by atoms with E-state index in [0.29, 0.717) is 12.2 Å². The Bertz CT molecular complexity index is 410. The maximum atomic E-state index is 12.0. The second kappa shape index (κ2) is 4.56. The molecule has 0 spiro atoms. The number of hydrogen-bond donors (Lipinski definition) is 0. The van der Waals surface area contributed by atoms with Gasteiger partial charge in [0.05, 0.1) is 19.8 Å². The van der Waals surface area contributed by atoms with Crippen LogP contribution in [-0.4, -0.2) is 20.0 Å². The van der Waals surface area contributed by atoms with Crippen molar-refractivity contribution >= 4 is 5.78 Å². The molecular formula is C13H16O3. The third-order valence-electron chi connectivity index (χ3n) is 3.03. The highest BCUT2D eigenvalue weighted by molar-refractivity contribution is 6.01. The van der Waals surface area contributed by atoms with Crippen LogP contribution in [0, 0.1) is 0 Å². The Hall–Kier alpha value is -1.51. The Morgan fingerprint density at radius 3 is 2.31 bits per heavy atom. The van der Waals surface area contributed by atoms with E-state index in [4.69, 9.17) is 9.47 Å². The van der Waals surface area contributed by atoms with Gasteiger partial charge in [-0.1, -0.05) is 0 Å². The fourth-order valence-electron chi connectivity index (χ4n) is 2.23. The van der Waals surface area contributed by atoms with E-state index in [0.717, 1.165) is 36.1 Å². The predicted octanol–water partition coefficient (Wildman–Crippen LogP) is 2.61. The Morgan fingerprint density at radius 2 is 1.62 bits per heavy atom. The zero-order valence-corrected chi connectivity index (χ0v) is 9.71. The number of ketones is 1. The fourth-order valence-corrected chi connectivity index (χ4v) is 2.23. The van der Waals surface area contributed by atoms with Gasteiger partial charge in [-0.05, 0) is 31.4 Å². The molecule has 0 heterocycles. The minimum absolute atomic E-state index is 0.170. The van der Waals surface area contributed by atoms with Crippen molar-refractivity contribution in [3.05, 3.63) is 23.3 Å². The molecule has 1 aliphatic rings. The van der Waals surface area contributed by atoms with Gasteiger partial charge in [0, 0.05) is 12.0 Å². The fraction of sp³-hybridized carbons (Fsp3) is 0.462. The maximum Gasteiger partial charge on any atom is 0.167 e. The van der Waals surface area contributed by atoms with E-state index in [1.807, 2.05) is 6.07 Å². The molecule has 0 N–H and O–H groups in total. The van der Waals surface area contributed by atoms with Crippen LogP contribution in [0.2, 0.25) is 0 Å². The number of carbonyl (C=O) groups is 1. The highest BCUT2D eigenvalue weighted by atomic mass is 16.5. The average Bonchev–Trinajstić information content (AvgIpc) is 2.51. The van der Waals surface area contributed by atoms with Crippen LogP contribution in [0.15, 0.2) is 12.1 Å². The van der Waals surface area contributed by atoms with Gasteiger partial charge in [0.25, 0.3) is 0 Å². The molecule has 86 valence electrons. The van der Waals surface area contributed by atoms with Gasteiger partial charge in [-0.2, -0.15) is 0 Å². The molecule has 1 aromatic rings. The van der Waals surface area contributed by atoms with Crippen LogP contribution in [0.3, 0.4) is 0 Å². The molecule has 2 rings (SSSR count). The zero-order chi connectivity index (χ0) is 11.5. The van der Waals surface area contributed by atoms with Crippen molar-refractivity contribution in [2.75, 3.05) is 14.2 Å². The van der Waals surface area contributed by atoms with Crippen molar-refractivity contribution in [1.82, 2.24) is 0 Å². The molecule has 16 heavy (non-hydrogen) atoms. The molecule has 0 saturated carbocycles. The molecule has 0 amide bonds. The van der Waals surface area contributed by atoms with Crippen LogP contribution >= 0.6 is 0 Å². The third kappa shape index (κ3) is 1.77. The summed E-state index contributed by atoms with van der Waals surface area (Å²) in [5.41, 5.74) is 1.73. The summed E-state index contributed by atoms with van der Waals surface area (Å²) in [7, 11) is 3.23. The molecule has 0 aromatic heterocycles. The van der Waals surface area contributed by atoms with Gasteiger partial charge >= 0.3 is 0 Å². The molecule has 1 aromatic carbocycles. The summed E-state index contributed by atoms with van der Waals surface area (Å²) in [6.45, 7) is 0. The lowest BCUT2D eigenvalue weighted by molar-refractivity contribution is 0.0979. The van der Waals surface area contributed by atoms with Gasteiger partial charge in [0.1, 0.15) is 11.5 Å². The van der Waals surface area contributed by atoms with E-state index in [1.165, 1.54) is 0 Å². The highest BCUT2D eigenvalue weighted by Crippen LogP contribution is 2.34. The molecule has 0 atom stereocenters. The third-order valence-corrected chi connectivity index (χ3v) is 3.03. The number of Topliss-reactive ketones (excluding diaryl/α,β-unsaturated/α-hetero) is 1. The summed E-state index contributed by atoms with van der Waals surface area (Å²) in [6, 6.07) is 3.68. The molecule has 3 nitrogen and oxygen atoms in total. The van der Waals surface area contributed by atoms with Crippen LogP contribution in [0.25, 0.3) is 0 Å². The first-order chi connectivity index (χ1) is 7.77. The summed E-state index contributed by atoms with van der Waals surface area (Å²) in [5.74, 6) is 1.64. The summed E-state index contributed by atoms with van der Waals surface area (Å²) in [5, 5.41) is 0. The summed E-state index contributed by atoms with van der Waals surface area (Å²) in [6.07, 6.45) is 3.47. The number of fused-ring (bicyclic) bond motifs is 1. The van der Waals surface area contributed by atoms with E-state index >= 15 is 0 Å². The summed E-state index contributed by atoms with van der Waals surface area (Å²) < 4.78 is 10.6. The molecule has 0 saturated heterocycles. The van der Waals surface area contributed by atoms with Crippen molar-refractivity contribution in [2.24, 2.45) is 0 Å². The van der Waals surface area contributed by atoms with Crippen LogP contribution in [0.5, 0.6) is 11.5 Å². The number of benzene rings is 1. The van der Waals surface area contributed by atoms with E-state index < -0.39 is 0 Å². The Labute approximate surface area is 95.4 Å². The van der Waals surface area contributed by atoms with E-state index in [1.54, 1.807) is 20.3 Å². The van der Waals surface area contributed by atoms with Crippen molar-refractivity contribution < 1.29 is 14.3 Å².